The number of carbonyl (C=O) groups excluding carboxylic acids is 1. The first-order valence-corrected chi connectivity index (χ1v) is 12.6. The normalized spacial score (nSPS) is 11.0. The summed E-state index contributed by atoms with van der Waals surface area (Å²) in [6.07, 6.45) is 0. The highest BCUT2D eigenvalue weighted by Crippen LogP contribution is 2.30. The van der Waals surface area contributed by atoms with Crippen LogP contribution in [0.2, 0.25) is 5.02 Å². The zero-order valence-corrected chi connectivity index (χ0v) is 20.5. The topological polar surface area (TPSA) is 75.7 Å². The van der Waals surface area contributed by atoms with Gasteiger partial charge >= 0.3 is 0 Å². The number of hydrogen-bond donors (Lipinski definition) is 1. The second-order valence-corrected chi connectivity index (χ2v) is 10.0. The molecule has 0 bridgehead atoms. The van der Waals surface area contributed by atoms with E-state index in [1.165, 1.54) is 24.3 Å². The molecule has 0 unspecified atom stereocenters. The van der Waals surface area contributed by atoms with Gasteiger partial charge in [-0.3, -0.25) is 9.10 Å². The van der Waals surface area contributed by atoms with E-state index < -0.39 is 22.5 Å². The van der Waals surface area contributed by atoms with Crippen LogP contribution in [0.15, 0.2) is 108 Å². The summed E-state index contributed by atoms with van der Waals surface area (Å²) in [6.45, 7) is 1.36. The van der Waals surface area contributed by atoms with E-state index >= 15 is 0 Å². The Kier molecular flexibility index (Phi) is 7.39. The number of ether oxygens (including phenoxy) is 1. The third-order valence-corrected chi connectivity index (χ3v) is 7.23. The third-order valence-electron chi connectivity index (χ3n) is 5.21. The molecule has 4 aromatic carbocycles. The van der Waals surface area contributed by atoms with Crippen molar-refractivity contribution in [1.82, 2.24) is 0 Å². The fourth-order valence-corrected chi connectivity index (χ4v) is 5.08. The molecule has 0 atom stereocenters. The zero-order chi connectivity index (χ0) is 24.8. The molecule has 178 valence electrons. The molecule has 4 rings (SSSR count). The third kappa shape index (κ3) is 5.82. The zero-order valence-electron chi connectivity index (χ0n) is 18.9. The minimum Gasteiger partial charge on any atom is -0.455 e. The number of rotatable bonds is 8. The van der Waals surface area contributed by atoms with Gasteiger partial charge in [0.25, 0.3) is 10.0 Å². The molecule has 0 saturated heterocycles. The molecule has 4 aromatic rings. The lowest BCUT2D eigenvalue weighted by Crippen LogP contribution is -2.38. The van der Waals surface area contributed by atoms with Crippen molar-refractivity contribution in [2.45, 2.75) is 11.8 Å². The van der Waals surface area contributed by atoms with Crippen LogP contribution < -0.4 is 14.4 Å². The fraction of sp³-hybridized carbons (Fsp3) is 0.0741. The Hall–Kier alpha value is -3.81. The van der Waals surface area contributed by atoms with E-state index in [0.29, 0.717) is 33.5 Å². The van der Waals surface area contributed by atoms with Gasteiger partial charge in [-0.2, -0.15) is 0 Å². The van der Waals surface area contributed by atoms with E-state index in [1.807, 2.05) is 24.3 Å². The highest BCUT2D eigenvalue weighted by atomic mass is 35.5. The number of amides is 1. The molecule has 0 radical (unpaired) electrons. The standard InChI is InChI=1S/C27H23ClN2O4S/c1-20-9-5-7-13-25(20)30(35(32,33)23-17-15-21(28)16-18-23)19-27(31)29-24-12-6-8-14-26(24)34-22-10-3-2-4-11-22/h2-18H,19H2,1H3,(H,29,31). The predicted molar refractivity (Wildman–Crippen MR) is 139 cm³/mol. The van der Waals surface area contributed by atoms with Crippen LogP contribution in [0.3, 0.4) is 0 Å². The van der Waals surface area contributed by atoms with Gasteiger partial charge in [0.05, 0.1) is 16.3 Å². The first-order chi connectivity index (χ1) is 16.8. The molecule has 0 fully saturated rings. The molecule has 35 heavy (non-hydrogen) atoms. The van der Waals surface area contributed by atoms with Crippen molar-refractivity contribution < 1.29 is 17.9 Å². The molecule has 0 aliphatic carbocycles. The van der Waals surface area contributed by atoms with E-state index in [4.69, 9.17) is 16.3 Å². The second-order valence-electron chi connectivity index (χ2n) is 7.71. The maximum atomic E-state index is 13.6. The predicted octanol–water partition coefficient (Wildman–Crippen LogP) is 6.27. The first-order valence-electron chi connectivity index (χ1n) is 10.8. The maximum Gasteiger partial charge on any atom is 0.264 e. The Bertz CT molecular complexity index is 1430. The number of sulfonamides is 1. The number of benzene rings is 4. The molecule has 0 heterocycles. The van der Waals surface area contributed by atoms with Crippen LogP contribution in [0, 0.1) is 6.92 Å². The molecular weight excluding hydrogens is 484 g/mol. The van der Waals surface area contributed by atoms with Gasteiger partial charge in [0.15, 0.2) is 5.75 Å². The van der Waals surface area contributed by atoms with Gasteiger partial charge < -0.3 is 10.1 Å². The number of hydrogen-bond acceptors (Lipinski definition) is 4. The van der Waals surface area contributed by atoms with Crippen LogP contribution in [-0.2, 0) is 14.8 Å². The van der Waals surface area contributed by atoms with E-state index in [0.717, 1.165) is 4.31 Å². The van der Waals surface area contributed by atoms with Crippen molar-refractivity contribution >= 4 is 38.9 Å². The van der Waals surface area contributed by atoms with Crippen molar-refractivity contribution in [2.24, 2.45) is 0 Å². The summed E-state index contributed by atoms with van der Waals surface area (Å²) in [4.78, 5) is 13.2. The van der Waals surface area contributed by atoms with Gasteiger partial charge in [0, 0.05) is 5.02 Å². The van der Waals surface area contributed by atoms with Gasteiger partial charge in [-0.25, -0.2) is 8.42 Å². The lowest BCUT2D eigenvalue weighted by Gasteiger charge is -2.25. The Balaban J connectivity index is 1.63. The van der Waals surface area contributed by atoms with Crippen molar-refractivity contribution in [2.75, 3.05) is 16.2 Å². The van der Waals surface area contributed by atoms with Gasteiger partial charge in [0.2, 0.25) is 5.91 Å². The van der Waals surface area contributed by atoms with E-state index in [2.05, 4.69) is 5.32 Å². The number of anilines is 2. The summed E-state index contributed by atoms with van der Waals surface area (Å²) in [5, 5.41) is 3.21. The Morgan fingerprint density at radius 3 is 2.20 bits per heavy atom. The Morgan fingerprint density at radius 2 is 1.49 bits per heavy atom. The molecule has 1 amide bonds. The van der Waals surface area contributed by atoms with E-state index in [1.54, 1.807) is 61.5 Å². The van der Waals surface area contributed by atoms with Gasteiger partial charge in [-0.1, -0.05) is 60.1 Å². The SMILES string of the molecule is Cc1ccccc1N(CC(=O)Nc1ccccc1Oc1ccccc1)S(=O)(=O)c1ccc(Cl)cc1. The fourth-order valence-electron chi connectivity index (χ4n) is 3.47. The van der Waals surface area contributed by atoms with Crippen LogP contribution in [0.5, 0.6) is 11.5 Å². The van der Waals surface area contributed by atoms with Crippen LogP contribution in [0.25, 0.3) is 0 Å². The smallest absolute Gasteiger partial charge is 0.264 e. The summed E-state index contributed by atoms with van der Waals surface area (Å²) >= 11 is 5.95. The second kappa shape index (κ2) is 10.6. The van der Waals surface area contributed by atoms with Crippen LogP contribution >= 0.6 is 11.6 Å². The molecule has 0 aliphatic rings. The number of nitrogens with one attached hydrogen (secondary N) is 1. The summed E-state index contributed by atoms with van der Waals surface area (Å²) in [7, 11) is -4.06. The number of nitrogens with zero attached hydrogens (tertiary/aromatic N) is 1. The highest BCUT2D eigenvalue weighted by Gasteiger charge is 2.28. The highest BCUT2D eigenvalue weighted by molar-refractivity contribution is 7.92. The van der Waals surface area contributed by atoms with Crippen molar-refractivity contribution in [1.29, 1.82) is 0 Å². The molecular formula is C27H23ClN2O4S. The molecule has 6 nitrogen and oxygen atoms in total. The monoisotopic (exact) mass is 506 g/mol. The van der Waals surface area contributed by atoms with Crippen LogP contribution in [0.1, 0.15) is 5.56 Å². The molecule has 8 heteroatoms. The number of aryl methyl sites for hydroxylation is 1. The lowest BCUT2D eigenvalue weighted by molar-refractivity contribution is -0.114. The van der Waals surface area contributed by atoms with Crippen molar-refractivity contribution in [3.63, 3.8) is 0 Å². The van der Waals surface area contributed by atoms with Crippen molar-refractivity contribution in [3.8, 4) is 11.5 Å². The summed E-state index contributed by atoms with van der Waals surface area (Å²) in [5.74, 6) is 0.533. The van der Waals surface area contributed by atoms with Crippen molar-refractivity contribution in [3.05, 3.63) is 114 Å². The summed E-state index contributed by atoms with van der Waals surface area (Å²) in [5.41, 5.74) is 1.55. The quantitative estimate of drug-likeness (QED) is 0.305. The van der Waals surface area contributed by atoms with Gasteiger partial charge in [-0.15, -0.1) is 0 Å². The van der Waals surface area contributed by atoms with Gasteiger partial charge in [0.1, 0.15) is 12.3 Å². The Labute approximate surface area is 209 Å². The number of para-hydroxylation sites is 4. The van der Waals surface area contributed by atoms with E-state index in [-0.39, 0.29) is 4.90 Å². The minimum absolute atomic E-state index is 0.0331. The lowest BCUT2D eigenvalue weighted by atomic mass is 10.2. The maximum absolute atomic E-state index is 13.6. The van der Waals surface area contributed by atoms with Crippen LogP contribution in [-0.4, -0.2) is 20.9 Å². The van der Waals surface area contributed by atoms with E-state index in [9.17, 15) is 13.2 Å². The summed E-state index contributed by atoms with van der Waals surface area (Å²) < 4.78 is 34.1. The first kappa shape index (κ1) is 24.3. The summed E-state index contributed by atoms with van der Waals surface area (Å²) in [6, 6.07) is 29.0. The average Bonchev–Trinajstić information content (AvgIpc) is 2.85. The molecule has 0 aromatic heterocycles. The average molecular weight is 507 g/mol. The van der Waals surface area contributed by atoms with Gasteiger partial charge in [-0.05, 0) is 67.1 Å². The molecule has 1 N–H and O–H groups in total. The molecule has 0 spiro atoms. The number of carbonyl (C=O) groups is 1. The largest absolute Gasteiger partial charge is 0.455 e. The van der Waals surface area contributed by atoms with Crippen LogP contribution in [0.4, 0.5) is 11.4 Å². The molecule has 0 aliphatic heterocycles. The Morgan fingerprint density at radius 1 is 0.857 bits per heavy atom. The molecule has 0 saturated carbocycles. The number of halogens is 1. The minimum atomic E-state index is -4.06.